The number of hydrogen-bond acceptors (Lipinski definition) is 7. The van der Waals surface area contributed by atoms with Gasteiger partial charge in [0.2, 0.25) is 5.91 Å². The second kappa shape index (κ2) is 17.1. The molecule has 0 radical (unpaired) electrons. The molecule has 1 heterocycles. The Morgan fingerprint density at radius 2 is 1.48 bits per heavy atom. The minimum absolute atomic E-state index is 0.0353. The lowest BCUT2D eigenvalue weighted by molar-refractivity contribution is -0.245. The third-order valence-electron chi connectivity index (χ3n) is 8.11. The summed E-state index contributed by atoms with van der Waals surface area (Å²) in [6.07, 6.45) is 0.957. The molecule has 4 aromatic rings. The molecule has 250 valence electrons. The van der Waals surface area contributed by atoms with E-state index < -0.39 is 18.2 Å². The van der Waals surface area contributed by atoms with E-state index >= 15 is 0 Å². The smallest absolute Gasteiger partial charge is 0.335 e. The number of thioether (sulfide) groups is 1. The number of benzene rings is 4. The Labute approximate surface area is 283 Å². The molecule has 0 spiro atoms. The molecular weight excluding hydrogens is 630 g/mol. The minimum atomic E-state index is -0.959. The van der Waals surface area contributed by atoms with Crippen LogP contribution in [0.15, 0.2) is 102 Å². The van der Waals surface area contributed by atoms with Crippen LogP contribution in [0.4, 0.5) is 0 Å². The summed E-state index contributed by atoms with van der Waals surface area (Å²) in [6.45, 7) is 0.335. The second-order valence-corrected chi connectivity index (χ2v) is 12.8. The number of carbonyl (C=O) groups is 3. The number of carboxylic acids is 2. The standard InChI is InChI=1S/C38H39NO8S/c40-23-25-11-13-27(14-12-25)34-21-32(24-48-33-17-15-28(16-18-33)37(44)45)46-38(47-34)31-8-4-7-30(20-31)29-6-3-5-26(19-29)22-39-35(41)9-1-2-10-36(42)43/h3-8,11-20,32,34,38,40H,1-2,9-10,21-24H2,(H,39,41)(H,42,43)(H,44,45)/t32-,34+,38+/m1/s1. The van der Waals surface area contributed by atoms with Gasteiger partial charge in [-0.15, -0.1) is 11.8 Å². The fourth-order valence-corrected chi connectivity index (χ4v) is 6.40. The van der Waals surface area contributed by atoms with Crippen LogP contribution in [0.5, 0.6) is 0 Å². The molecule has 9 nitrogen and oxygen atoms in total. The zero-order valence-corrected chi connectivity index (χ0v) is 27.2. The van der Waals surface area contributed by atoms with Crippen LogP contribution in [-0.4, -0.2) is 45.0 Å². The number of unbranched alkanes of at least 4 members (excludes halogenated alkanes) is 1. The van der Waals surface area contributed by atoms with E-state index in [1.165, 1.54) is 0 Å². The third-order valence-corrected chi connectivity index (χ3v) is 9.25. The molecule has 1 fully saturated rings. The number of aliphatic carboxylic acids is 1. The number of amides is 1. The number of aliphatic hydroxyl groups is 1. The van der Waals surface area contributed by atoms with Gasteiger partial charge in [-0.2, -0.15) is 0 Å². The average molecular weight is 670 g/mol. The van der Waals surface area contributed by atoms with E-state index in [2.05, 4.69) is 11.4 Å². The summed E-state index contributed by atoms with van der Waals surface area (Å²) in [5.41, 5.74) is 5.83. The molecule has 48 heavy (non-hydrogen) atoms. The highest BCUT2D eigenvalue weighted by Gasteiger charge is 2.32. The van der Waals surface area contributed by atoms with E-state index in [9.17, 15) is 24.6 Å². The van der Waals surface area contributed by atoms with Crippen molar-refractivity contribution in [3.63, 3.8) is 0 Å². The van der Waals surface area contributed by atoms with Crippen LogP contribution in [-0.2, 0) is 32.2 Å². The number of carboxylic acid groups (broad SMARTS) is 2. The molecule has 1 amide bonds. The number of rotatable bonds is 15. The van der Waals surface area contributed by atoms with Gasteiger partial charge < -0.3 is 30.1 Å². The Bertz CT molecular complexity index is 1690. The van der Waals surface area contributed by atoms with Gasteiger partial charge >= 0.3 is 11.9 Å². The van der Waals surface area contributed by atoms with Crippen molar-refractivity contribution in [3.8, 4) is 11.1 Å². The predicted octanol–water partition coefficient (Wildman–Crippen LogP) is 7.14. The number of nitrogens with one attached hydrogen (secondary N) is 1. The molecule has 0 bridgehead atoms. The molecule has 0 aromatic heterocycles. The maximum absolute atomic E-state index is 12.3. The van der Waals surface area contributed by atoms with Crippen molar-refractivity contribution >= 4 is 29.6 Å². The first kappa shape index (κ1) is 34.8. The average Bonchev–Trinajstić information content (AvgIpc) is 3.12. The number of hydrogen-bond donors (Lipinski definition) is 4. The van der Waals surface area contributed by atoms with Crippen molar-refractivity contribution < 1.29 is 39.2 Å². The van der Waals surface area contributed by atoms with E-state index in [1.54, 1.807) is 23.9 Å². The zero-order chi connectivity index (χ0) is 33.9. The first-order chi connectivity index (χ1) is 23.3. The third kappa shape index (κ3) is 10.0. The van der Waals surface area contributed by atoms with Crippen LogP contribution in [0, 0.1) is 0 Å². The van der Waals surface area contributed by atoms with Gasteiger partial charge in [0.05, 0.1) is 24.4 Å². The number of ether oxygens (including phenoxy) is 2. The van der Waals surface area contributed by atoms with Crippen LogP contribution < -0.4 is 5.32 Å². The van der Waals surface area contributed by atoms with E-state index in [4.69, 9.17) is 14.6 Å². The van der Waals surface area contributed by atoms with Crippen LogP contribution in [0.3, 0.4) is 0 Å². The lowest BCUT2D eigenvalue weighted by Gasteiger charge is -2.36. The summed E-state index contributed by atoms with van der Waals surface area (Å²) in [7, 11) is 0. The van der Waals surface area contributed by atoms with Gasteiger partial charge in [0.15, 0.2) is 6.29 Å². The highest BCUT2D eigenvalue weighted by atomic mass is 32.2. The maximum atomic E-state index is 12.3. The molecule has 0 saturated carbocycles. The van der Waals surface area contributed by atoms with E-state index in [1.807, 2.05) is 78.9 Å². The normalized spacial score (nSPS) is 17.5. The quantitative estimate of drug-likeness (QED) is 0.0767. The molecule has 1 aliphatic rings. The lowest BCUT2D eigenvalue weighted by Crippen LogP contribution is -2.31. The number of carbonyl (C=O) groups excluding carboxylic acids is 1. The van der Waals surface area contributed by atoms with E-state index in [0.717, 1.165) is 38.3 Å². The summed E-state index contributed by atoms with van der Waals surface area (Å²) in [5, 5.41) is 30.4. The first-order valence-electron chi connectivity index (χ1n) is 15.9. The molecule has 10 heteroatoms. The van der Waals surface area contributed by atoms with Crippen molar-refractivity contribution in [1.29, 1.82) is 0 Å². The van der Waals surface area contributed by atoms with Crippen molar-refractivity contribution in [2.45, 2.75) is 68.6 Å². The van der Waals surface area contributed by atoms with Crippen molar-refractivity contribution in [1.82, 2.24) is 5.32 Å². The molecule has 5 rings (SSSR count). The number of aromatic carboxylic acids is 1. The lowest BCUT2D eigenvalue weighted by atomic mass is 9.99. The van der Waals surface area contributed by atoms with Gasteiger partial charge in [-0.1, -0.05) is 60.7 Å². The van der Waals surface area contributed by atoms with Gasteiger partial charge in [-0.3, -0.25) is 9.59 Å². The van der Waals surface area contributed by atoms with Gasteiger partial charge in [0, 0.05) is 42.0 Å². The summed E-state index contributed by atoms with van der Waals surface area (Å²) < 4.78 is 13.1. The van der Waals surface area contributed by atoms with Crippen molar-refractivity contribution in [2.24, 2.45) is 0 Å². The Hall–Kier alpha value is -4.48. The molecule has 3 atom stereocenters. The Kier molecular flexibility index (Phi) is 12.4. The fraction of sp³-hybridized carbons (Fsp3) is 0.289. The molecule has 1 aliphatic heterocycles. The van der Waals surface area contributed by atoms with Crippen LogP contribution >= 0.6 is 11.8 Å². The number of aliphatic hydroxyl groups excluding tert-OH is 1. The highest BCUT2D eigenvalue weighted by molar-refractivity contribution is 7.99. The van der Waals surface area contributed by atoms with Crippen LogP contribution in [0.2, 0.25) is 0 Å². The summed E-state index contributed by atoms with van der Waals surface area (Å²) in [4.78, 5) is 35.2. The maximum Gasteiger partial charge on any atom is 0.335 e. The van der Waals surface area contributed by atoms with E-state index in [-0.39, 0.29) is 36.7 Å². The predicted molar refractivity (Wildman–Crippen MR) is 182 cm³/mol. The highest BCUT2D eigenvalue weighted by Crippen LogP contribution is 2.40. The molecule has 4 N–H and O–H groups in total. The monoisotopic (exact) mass is 669 g/mol. The Morgan fingerprint density at radius 1 is 0.771 bits per heavy atom. The Balaban J connectivity index is 1.28. The van der Waals surface area contributed by atoms with Gasteiger partial charge in [0.25, 0.3) is 0 Å². The van der Waals surface area contributed by atoms with E-state index in [0.29, 0.717) is 38.0 Å². The van der Waals surface area contributed by atoms with Crippen molar-refractivity contribution in [3.05, 3.63) is 125 Å². The van der Waals surface area contributed by atoms with Gasteiger partial charge in [0.1, 0.15) is 0 Å². The zero-order valence-electron chi connectivity index (χ0n) is 26.4. The van der Waals surface area contributed by atoms with Crippen LogP contribution in [0.25, 0.3) is 11.1 Å². The van der Waals surface area contributed by atoms with Crippen LogP contribution in [0.1, 0.15) is 77.1 Å². The van der Waals surface area contributed by atoms with Crippen molar-refractivity contribution in [2.75, 3.05) is 5.75 Å². The molecule has 0 unspecified atom stereocenters. The molecule has 1 saturated heterocycles. The second-order valence-electron chi connectivity index (χ2n) is 11.7. The summed E-state index contributed by atoms with van der Waals surface area (Å²) in [6, 6.07) is 30.5. The van der Waals surface area contributed by atoms with Gasteiger partial charge in [-0.05, 0) is 77.1 Å². The molecule has 4 aromatic carbocycles. The summed E-state index contributed by atoms with van der Waals surface area (Å²) >= 11 is 1.60. The summed E-state index contributed by atoms with van der Waals surface area (Å²) in [5.74, 6) is -1.28. The molecular formula is C38H39NO8S. The Morgan fingerprint density at radius 3 is 2.19 bits per heavy atom. The minimum Gasteiger partial charge on any atom is -0.481 e. The van der Waals surface area contributed by atoms with Gasteiger partial charge in [-0.25, -0.2) is 4.79 Å². The topological polar surface area (TPSA) is 142 Å². The fourth-order valence-electron chi connectivity index (χ4n) is 5.48. The SMILES string of the molecule is O=C(O)CCCCC(=O)NCc1cccc(-c2cccc([C@H]3O[C@@H](CSc4ccc(C(=O)O)cc4)C[C@@H](c4ccc(CO)cc4)O3)c2)c1. The first-order valence-corrected chi connectivity index (χ1v) is 16.9. The molecule has 0 aliphatic carbocycles. The largest absolute Gasteiger partial charge is 0.481 e.